The minimum Gasteiger partial charge on any atom is -0.396 e. The molecule has 0 bridgehead atoms. The molecular formula is C10H15N5. The molecule has 0 aliphatic carbocycles. The number of unbranched alkanes of at least 4 members (excludes halogenated alkanes) is 2. The molecule has 2 aromatic rings. The van der Waals surface area contributed by atoms with E-state index in [9.17, 15) is 0 Å². The van der Waals surface area contributed by atoms with Crippen LogP contribution in [0.25, 0.3) is 5.65 Å². The lowest BCUT2D eigenvalue weighted by molar-refractivity contribution is 0.694. The summed E-state index contributed by atoms with van der Waals surface area (Å²) in [5, 5.41) is 12.0. The molecule has 0 saturated heterocycles. The first-order valence-corrected chi connectivity index (χ1v) is 5.26. The molecule has 5 nitrogen and oxygen atoms in total. The molecule has 2 N–H and O–H groups in total. The Morgan fingerprint density at radius 1 is 1.40 bits per heavy atom. The highest BCUT2D eigenvalue weighted by atomic mass is 15.3. The normalized spacial score (nSPS) is 11.0. The van der Waals surface area contributed by atoms with Crippen LogP contribution in [0.1, 0.15) is 31.9 Å². The van der Waals surface area contributed by atoms with Gasteiger partial charge in [-0.3, -0.25) is 0 Å². The van der Waals surface area contributed by atoms with Crippen molar-refractivity contribution in [1.29, 1.82) is 0 Å². The lowest BCUT2D eigenvalue weighted by Crippen LogP contribution is -2.01. The third-order valence-electron chi connectivity index (χ3n) is 2.38. The molecule has 0 amide bonds. The molecular weight excluding hydrogens is 190 g/mol. The molecule has 15 heavy (non-hydrogen) atoms. The second-order valence-electron chi connectivity index (χ2n) is 3.65. The van der Waals surface area contributed by atoms with Crippen LogP contribution >= 0.6 is 0 Å². The fourth-order valence-corrected chi connectivity index (χ4v) is 1.58. The lowest BCUT2D eigenvalue weighted by atomic mass is 10.1. The quantitative estimate of drug-likeness (QED) is 0.767. The van der Waals surface area contributed by atoms with Crippen LogP contribution < -0.4 is 5.73 Å². The Labute approximate surface area is 88.3 Å². The molecule has 2 aromatic heterocycles. The van der Waals surface area contributed by atoms with Crippen LogP contribution in [0.4, 0.5) is 5.69 Å². The summed E-state index contributed by atoms with van der Waals surface area (Å²) in [6.07, 6.45) is 6.13. The number of hydrogen-bond donors (Lipinski definition) is 1. The highest BCUT2D eigenvalue weighted by Gasteiger charge is 2.04. The van der Waals surface area contributed by atoms with Crippen molar-refractivity contribution >= 4 is 11.3 Å². The maximum Gasteiger partial charge on any atom is 0.200 e. The zero-order valence-corrected chi connectivity index (χ0v) is 8.85. The number of nitrogens with two attached hydrogens (primary N) is 1. The maximum absolute atomic E-state index is 5.84. The molecule has 5 heteroatoms. The molecule has 0 unspecified atom stereocenters. The van der Waals surface area contributed by atoms with E-state index in [1.54, 1.807) is 10.8 Å². The Bertz CT molecular complexity index is 448. The Morgan fingerprint density at radius 3 is 3.07 bits per heavy atom. The fraction of sp³-hybridized carbons (Fsp3) is 0.500. The minimum absolute atomic E-state index is 0.634. The van der Waals surface area contributed by atoms with Crippen LogP contribution in [0.3, 0.4) is 0 Å². The van der Waals surface area contributed by atoms with Crippen LogP contribution in [0.15, 0.2) is 12.4 Å². The Balaban J connectivity index is 2.21. The maximum atomic E-state index is 5.84. The van der Waals surface area contributed by atoms with Gasteiger partial charge in [0.2, 0.25) is 0 Å². The minimum atomic E-state index is 0.634. The second kappa shape index (κ2) is 4.25. The lowest BCUT2D eigenvalue weighted by Gasteiger charge is -2.02. The third-order valence-corrected chi connectivity index (χ3v) is 2.38. The smallest absolute Gasteiger partial charge is 0.200 e. The molecule has 0 aliphatic heterocycles. The van der Waals surface area contributed by atoms with E-state index in [2.05, 4.69) is 22.2 Å². The summed E-state index contributed by atoms with van der Waals surface area (Å²) < 4.78 is 1.64. The van der Waals surface area contributed by atoms with Crippen LogP contribution in [0, 0.1) is 0 Å². The van der Waals surface area contributed by atoms with Gasteiger partial charge < -0.3 is 5.73 Å². The SMILES string of the molecule is CCCCCc1cc(N)c2nncn2n1. The Kier molecular flexibility index (Phi) is 2.80. The third kappa shape index (κ3) is 2.06. The van der Waals surface area contributed by atoms with E-state index in [4.69, 9.17) is 5.73 Å². The van der Waals surface area contributed by atoms with E-state index in [1.165, 1.54) is 12.8 Å². The van der Waals surface area contributed by atoms with E-state index in [-0.39, 0.29) is 0 Å². The summed E-state index contributed by atoms with van der Waals surface area (Å²) in [5.74, 6) is 0. The summed E-state index contributed by atoms with van der Waals surface area (Å²) in [5.41, 5.74) is 8.13. The monoisotopic (exact) mass is 205 g/mol. The first-order valence-electron chi connectivity index (χ1n) is 5.26. The topological polar surface area (TPSA) is 69.1 Å². The molecule has 0 aliphatic rings. The molecule has 0 saturated carbocycles. The van der Waals surface area contributed by atoms with Gasteiger partial charge >= 0.3 is 0 Å². The number of rotatable bonds is 4. The molecule has 0 atom stereocenters. The van der Waals surface area contributed by atoms with Crippen LogP contribution in [0.2, 0.25) is 0 Å². The number of aromatic nitrogens is 4. The van der Waals surface area contributed by atoms with Crippen LogP contribution in [-0.2, 0) is 6.42 Å². The van der Waals surface area contributed by atoms with Gasteiger partial charge in [-0.1, -0.05) is 19.8 Å². The average Bonchev–Trinajstić information content (AvgIpc) is 2.66. The highest BCUT2D eigenvalue weighted by Crippen LogP contribution is 2.12. The van der Waals surface area contributed by atoms with Gasteiger partial charge in [-0.15, -0.1) is 10.2 Å². The number of hydrogen-bond acceptors (Lipinski definition) is 4. The van der Waals surface area contributed by atoms with Crippen LogP contribution in [-0.4, -0.2) is 19.8 Å². The molecule has 2 heterocycles. The largest absolute Gasteiger partial charge is 0.396 e. The van der Waals surface area contributed by atoms with Crippen LogP contribution in [0.5, 0.6) is 0 Å². The summed E-state index contributed by atoms with van der Waals surface area (Å²) in [6.45, 7) is 2.19. The van der Waals surface area contributed by atoms with Gasteiger partial charge in [-0.25, -0.2) is 0 Å². The predicted molar refractivity (Wildman–Crippen MR) is 58.4 cm³/mol. The van der Waals surface area contributed by atoms with Crippen molar-refractivity contribution in [2.75, 3.05) is 5.73 Å². The van der Waals surface area contributed by atoms with Gasteiger partial charge in [0.15, 0.2) is 5.65 Å². The predicted octanol–water partition coefficient (Wildman–Crippen LogP) is 1.44. The number of anilines is 1. The van der Waals surface area contributed by atoms with E-state index in [0.29, 0.717) is 11.3 Å². The molecule has 0 spiro atoms. The van der Waals surface area contributed by atoms with Gasteiger partial charge in [0.05, 0.1) is 11.4 Å². The summed E-state index contributed by atoms with van der Waals surface area (Å²) in [6, 6.07) is 1.89. The van der Waals surface area contributed by atoms with E-state index in [0.717, 1.165) is 18.5 Å². The van der Waals surface area contributed by atoms with Gasteiger partial charge in [0, 0.05) is 0 Å². The molecule has 0 fully saturated rings. The first-order chi connectivity index (χ1) is 7.31. The van der Waals surface area contributed by atoms with Crippen molar-refractivity contribution in [2.24, 2.45) is 0 Å². The number of nitrogen functional groups attached to an aromatic ring is 1. The van der Waals surface area contributed by atoms with Crippen molar-refractivity contribution < 1.29 is 0 Å². The Hall–Kier alpha value is -1.65. The molecule has 80 valence electrons. The van der Waals surface area contributed by atoms with Crippen molar-refractivity contribution in [2.45, 2.75) is 32.6 Å². The van der Waals surface area contributed by atoms with E-state index < -0.39 is 0 Å². The summed E-state index contributed by atoms with van der Waals surface area (Å²) >= 11 is 0. The van der Waals surface area contributed by atoms with Crippen molar-refractivity contribution in [3.05, 3.63) is 18.1 Å². The standard InChI is InChI=1S/C10H15N5/c1-2-3-4-5-8-6-9(11)10-13-12-7-15(10)14-8/h6-7H,2-5,11H2,1H3. The number of fused-ring (bicyclic) bond motifs is 1. The highest BCUT2D eigenvalue weighted by molar-refractivity contribution is 5.63. The van der Waals surface area contributed by atoms with E-state index in [1.807, 2.05) is 6.07 Å². The zero-order valence-electron chi connectivity index (χ0n) is 8.85. The van der Waals surface area contributed by atoms with Crippen molar-refractivity contribution in [3.8, 4) is 0 Å². The van der Waals surface area contributed by atoms with E-state index >= 15 is 0 Å². The molecule has 0 radical (unpaired) electrons. The van der Waals surface area contributed by atoms with Crippen molar-refractivity contribution in [1.82, 2.24) is 19.8 Å². The van der Waals surface area contributed by atoms with Crippen molar-refractivity contribution in [3.63, 3.8) is 0 Å². The van der Waals surface area contributed by atoms with Gasteiger partial charge in [0.1, 0.15) is 6.33 Å². The first kappa shape index (κ1) is 9.89. The average molecular weight is 205 g/mol. The zero-order chi connectivity index (χ0) is 10.7. The summed E-state index contributed by atoms with van der Waals surface area (Å²) in [7, 11) is 0. The second-order valence-corrected chi connectivity index (χ2v) is 3.65. The Morgan fingerprint density at radius 2 is 2.27 bits per heavy atom. The summed E-state index contributed by atoms with van der Waals surface area (Å²) in [4.78, 5) is 0. The number of nitrogens with zero attached hydrogens (tertiary/aromatic N) is 4. The fourth-order valence-electron chi connectivity index (χ4n) is 1.58. The van der Waals surface area contributed by atoms with Gasteiger partial charge in [0.25, 0.3) is 0 Å². The van der Waals surface area contributed by atoms with Gasteiger partial charge in [-0.2, -0.15) is 9.61 Å². The van der Waals surface area contributed by atoms with Gasteiger partial charge in [-0.05, 0) is 18.9 Å². The molecule has 0 aromatic carbocycles. The number of aryl methyl sites for hydroxylation is 1. The molecule has 2 rings (SSSR count).